The Hall–Kier alpha value is -0.940. The molecule has 0 heterocycles. The molecule has 0 spiro atoms. The van der Waals surface area contributed by atoms with Gasteiger partial charge in [0.05, 0.1) is 17.5 Å². The number of methoxy groups -OCH3 is 1. The maximum atomic E-state index is 13.4. The van der Waals surface area contributed by atoms with E-state index in [1.807, 2.05) is 0 Å². The van der Waals surface area contributed by atoms with Crippen LogP contribution < -0.4 is 4.74 Å². The Bertz CT molecular complexity index is 368. The highest BCUT2D eigenvalue weighted by molar-refractivity contribution is 9.09. The molecule has 0 N–H and O–H groups in total. The molecule has 0 atom stereocenters. The smallest absolute Gasteiger partial charge is 0.176 e. The lowest BCUT2D eigenvalue weighted by molar-refractivity contribution is 0.102. The van der Waals surface area contributed by atoms with Gasteiger partial charge in [-0.2, -0.15) is 0 Å². The van der Waals surface area contributed by atoms with E-state index in [1.54, 1.807) is 13.2 Å². The summed E-state index contributed by atoms with van der Waals surface area (Å²) in [6, 6.07) is 4.18. The van der Waals surface area contributed by atoms with E-state index in [-0.39, 0.29) is 16.7 Å². The molecule has 0 radical (unpaired) electrons. The van der Waals surface area contributed by atoms with Gasteiger partial charge in [-0.3, -0.25) is 4.79 Å². The van der Waals surface area contributed by atoms with Gasteiger partial charge in [0, 0.05) is 13.2 Å². The molecule has 0 amide bonds. The van der Waals surface area contributed by atoms with E-state index < -0.39 is 5.82 Å². The molecule has 0 fully saturated rings. The third-order valence-corrected chi connectivity index (χ3v) is 2.43. The second-order valence-corrected chi connectivity index (χ2v) is 3.60. The maximum absolute atomic E-state index is 13.4. The van der Waals surface area contributed by atoms with Crippen LogP contribution in [0.4, 0.5) is 4.39 Å². The summed E-state index contributed by atoms with van der Waals surface area (Å²) in [5.74, 6) is -0.471. The topological polar surface area (TPSA) is 35.5 Å². The van der Waals surface area contributed by atoms with E-state index in [9.17, 15) is 9.18 Å². The van der Waals surface area contributed by atoms with Crippen molar-refractivity contribution >= 4 is 21.7 Å². The first-order valence-electron chi connectivity index (χ1n) is 4.69. The lowest BCUT2D eigenvalue weighted by Gasteiger charge is -2.06. The number of ketones is 1. The minimum atomic E-state index is -0.570. The van der Waals surface area contributed by atoms with Crippen LogP contribution in [0.5, 0.6) is 5.75 Å². The van der Waals surface area contributed by atoms with Gasteiger partial charge in [0.15, 0.2) is 5.78 Å². The van der Waals surface area contributed by atoms with Gasteiger partial charge in [0.2, 0.25) is 0 Å². The summed E-state index contributed by atoms with van der Waals surface area (Å²) in [6.45, 7) is 0.783. The van der Waals surface area contributed by atoms with Crippen LogP contribution in [-0.2, 0) is 4.74 Å². The Labute approximate surface area is 102 Å². The number of ether oxygens (including phenoxy) is 2. The molecule has 0 aromatic heterocycles. The van der Waals surface area contributed by atoms with Gasteiger partial charge >= 0.3 is 0 Å². The number of Topliss-reactive ketones (excluding diaryl/α,β-unsaturated/α-hetero) is 1. The van der Waals surface area contributed by atoms with E-state index in [0.29, 0.717) is 19.0 Å². The third kappa shape index (κ3) is 3.57. The predicted octanol–water partition coefficient (Wildman–Crippen LogP) is 2.43. The molecule has 1 rings (SSSR count). The monoisotopic (exact) mass is 290 g/mol. The molecular weight excluding hydrogens is 279 g/mol. The Balaban J connectivity index is 2.71. The maximum Gasteiger partial charge on any atom is 0.176 e. The average Bonchev–Trinajstić information content (AvgIpc) is 2.29. The van der Waals surface area contributed by atoms with Gasteiger partial charge in [-0.05, 0) is 12.1 Å². The van der Waals surface area contributed by atoms with Gasteiger partial charge in [-0.1, -0.05) is 15.9 Å². The Morgan fingerprint density at radius 1 is 1.44 bits per heavy atom. The second-order valence-electron chi connectivity index (χ2n) is 3.04. The van der Waals surface area contributed by atoms with Crippen LogP contribution in [0.2, 0.25) is 0 Å². The summed E-state index contributed by atoms with van der Waals surface area (Å²) >= 11 is 2.99. The minimum absolute atomic E-state index is 0.0657. The van der Waals surface area contributed by atoms with Crippen molar-refractivity contribution in [3.8, 4) is 5.75 Å². The van der Waals surface area contributed by atoms with Crippen LogP contribution in [0.25, 0.3) is 0 Å². The van der Waals surface area contributed by atoms with E-state index >= 15 is 0 Å². The first-order valence-corrected chi connectivity index (χ1v) is 5.81. The number of benzene rings is 1. The predicted molar refractivity (Wildman–Crippen MR) is 61.9 cm³/mol. The van der Waals surface area contributed by atoms with Crippen LogP contribution in [0, 0.1) is 5.82 Å². The van der Waals surface area contributed by atoms with Crippen molar-refractivity contribution < 1.29 is 18.7 Å². The fourth-order valence-corrected chi connectivity index (χ4v) is 1.43. The third-order valence-electron chi connectivity index (χ3n) is 1.92. The zero-order valence-electron chi connectivity index (χ0n) is 8.83. The zero-order valence-corrected chi connectivity index (χ0v) is 10.4. The molecule has 16 heavy (non-hydrogen) atoms. The van der Waals surface area contributed by atoms with Gasteiger partial charge in [0.25, 0.3) is 0 Å². The molecule has 1 aromatic carbocycles. The van der Waals surface area contributed by atoms with Gasteiger partial charge in [-0.15, -0.1) is 0 Å². The van der Waals surface area contributed by atoms with Gasteiger partial charge in [0.1, 0.15) is 18.2 Å². The summed E-state index contributed by atoms with van der Waals surface area (Å²) in [5, 5.41) is 0.105. The quantitative estimate of drug-likeness (QED) is 0.459. The summed E-state index contributed by atoms with van der Waals surface area (Å²) < 4.78 is 23.4. The molecule has 0 saturated heterocycles. The van der Waals surface area contributed by atoms with E-state index in [4.69, 9.17) is 9.47 Å². The highest BCUT2D eigenvalue weighted by atomic mass is 79.9. The molecule has 0 aliphatic carbocycles. The molecular formula is C11H12BrFO3. The molecule has 0 unspecified atom stereocenters. The van der Waals surface area contributed by atoms with Crippen LogP contribution in [0.1, 0.15) is 10.4 Å². The fourth-order valence-electron chi connectivity index (χ4n) is 1.13. The first-order chi connectivity index (χ1) is 7.69. The summed E-state index contributed by atoms with van der Waals surface area (Å²) in [7, 11) is 1.56. The number of carbonyl (C=O) groups excluding carboxylic acids is 1. The van der Waals surface area contributed by atoms with Gasteiger partial charge in [-0.25, -0.2) is 4.39 Å². The van der Waals surface area contributed by atoms with Crippen molar-refractivity contribution in [2.24, 2.45) is 0 Å². The molecule has 1 aromatic rings. The molecule has 0 saturated carbocycles. The van der Waals surface area contributed by atoms with Crippen molar-refractivity contribution in [2.75, 3.05) is 25.7 Å². The second kappa shape index (κ2) is 6.60. The summed E-state index contributed by atoms with van der Waals surface area (Å²) in [5.41, 5.74) is 0.0657. The van der Waals surface area contributed by atoms with Crippen molar-refractivity contribution in [3.05, 3.63) is 29.6 Å². The van der Waals surface area contributed by atoms with Gasteiger partial charge < -0.3 is 9.47 Å². The highest BCUT2D eigenvalue weighted by Gasteiger charge is 2.11. The van der Waals surface area contributed by atoms with Crippen LogP contribution >= 0.6 is 15.9 Å². The van der Waals surface area contributed by atoms with Crippen molar-refractivity contribution in [3.63, 3.8) is 0 Å². The van der Waals surface area contributed by atoms with Crippen LogP contribution in [0.3, 0.4) is 0 Å². The lowest BCUT2D eigenvalue weighted by atomic mass is 10.1. The van der Waals surface area contributed by atoms with E-state index in [0.717, 1.165) is 0 Å². The average molecular weight is 291 g/mol. The number of hydrogen-bond donors (Lipinski definition) is 0. The summed E-state index contributed by atoms with van der Waals surface area (Å²) in [6.07, 6.45) is 0. The first kappa shape index (κ1) is 13.1. The molecule has 0 bridgehead atoms. The lowest BCUT2D eigenvalue weighted by Crippen LogP contribution is -2.06. The Morgan fingerprint density at radius 2 is 2.19 bits per heavy atom. The number of carbonyl (C=O) groups is 1. The molecule has 3 nitrogen and oxygen atoms in total. The zero-order chi connectivity index (χ0) is 12.0. The Kier molecular flexibility index (Phi) is 5.42. The van der Waals surface area contributed by atoms with Crippen molar-refractivity contribution in [2.45, 2.75) is 0 Å². The highest BCUT2D eigenvalue weighted by Crippen LogP contribution is 2.17. The molecule has 88 valence electrons. The minimum Gasteiger partial charge on any atom is -0.491 e. The normalized spacial score (nSPS) is 10.2. The van der Waals surface area contributed by atoms with E-state index in [1.165, 1.54) is 12.1 Å². The molecule has 5 heteroatoms. The van der Waals surface area contributed by atoms with Crippen LogP contribution in [-0.4, -0.2) is 31.4 Å². The van der Waals surface area contributed by atoms with E-state index in [2.05, 4.69) is 15.9 Å². The molecule has 0 aliphatic rings. The van der Waals surface area contributed by atoms with Crippen molar-refractivity contribution in [1.29, 1.82) is 0 Å². The number of alkyl halides is 1. The standard InChI is InChI=1S/C11H12BrFO3/c1-15-4-5-16-8-2-3-9(10(13)6-8)11(14)7-12/h2-3,6H,4-5,7H2,1H3. The number of hydrogen-bond acceptors (Lipinski definition) is 3. The number of rotatable bonds is 6. The fraction of sp³-hybridized carbons (Fsp3) is 0.364. The van der Waals surface area contributed by atoms with Crippen LogP contribution in [0.15, 0.2) is 18.2 Å². The number of halogens is 2. The Morgan fingerprint density at radius 3 is 2.75 bits per heavy atom. The largest absolute Gasteiger partial charge is 0.491 e. The summed E-state index contributed by atoms with van der Waals surface area (Å²) in [4.78, 5) is 11.3. The SMILES string of the molecule is COCCOc1ccc(C(=O)CBr)c(F)c1. The molecule has 0 aliphatic heterocycles. The van der Waals surface area contributed by atoms with Crippen molar-refractivity contribution in [1.82, 2.24) is 0 Å².